The standard InChI is InChI=1S/C16H24O3/c1-9(2)12-8-13(11(5)7-14(12)19-6)15(10(3)4)16(17)18/h7-10,15H,1-6H3,(H,17,18). The maximum atomic E-state index is 11.5. The Morgan fingerprint density at radius 1 is 1.16 bits per heavy atom. The van der Waals surface area contributed by atoms with Crippen LogP contribution in [0.2, 0.25) is 0 Å². The normalized spacial score (nSPS) is 12.8. The molecular weight excluding hydrogens is 240 g/mol. The van der Waals surface area contributed by atoms with E-state index >= 15 is 0 Å². The number of ether oxygens (including phenoxy) is 1. The summed E-state index contributed by atoms with van der Waals surface area (Å²) in [7, 11) is 1.65. The number of carbonyl (C=O) groups is 1. The van der Waals surface area contributed by atoms with Crippen molar-refractivity contribution in [3.05, 3.63) is 28.8 Å². The highest BCUT2D eigenvalue weighted by Crippen LogP contribution is 2.35. The molecule has 1 unspecified atom stereocenters. The Kier molecular flexibility index (Phi) is 4.98. The van der Waals surface area contributed by atoms with Gasteiger partial charge in [-0.15, -0.1) is 0 Å². The highest BCUT2D eigenvalue weighted by Gasteiger charge is 2.26. The summed E-state index contributed by atoms with van der Waals surface area (Å²) in [6, 6.07) is 3.95. The largest absolute Gasteiger partial charge is 0.496 e. The van der Waals surface area contributed by atoms with Gasteiger partial charge < -0.3 is 9.84 Å². The van der Waals surface area contributed by atoms with E-state index < -0.39 is 11.9 Å². The van der Waals surface area contributed by atoms with Gasteiger partial charge in [-0.05, 0) is 41.5 Å². The third-order valence-electron chi connectivity index (χ3n) is 3.51. The minimum atomic E-state index is -0.766. The first-order chi connectivity index (χ1) is 8.79. The van der Waals surface area contributed by atoms with Gasteiger partial charge in [-0.3, -0.25) is 4.79 Å². The molecule has 1 aromatic rings. The third kappa shape index (κ3) is 3.28. The van der Waals surface area contributed by atoms with Crippen LogP contribution < -0.4 is 4.74 Å². The molecule has 106 valence electrons. The molecule has 3 heteroatoms. The number of aryl methyl sites for hydroxylation is 1. The van der Waals surface area contributed by atoms with E-state index in [2.05, 4.69) is 13.8 Å². The molecule has 0 amide bonds. The molecule has 0 aromatic heterocycles. The number of methoxy groups -OCH3 is 1. The average Bonchev–Trinajstić information content (AvgIpc) is 2.29. The molecule has 0 heterocycles. The van der Waals surface area contributed by atoms with E-state index in [1.807, 2.05) is 32.9 Å². The van der Waals surface area contributed by atoms with Gasteiger partial charge in [-0.2, -0.15) is 0 Å². The van der Waals surface area contributed by atoms with Crippen molar-refractivity contribution in [3.8, 4) is 5.75 Å². The highest BCUT2D eigenvalue weighted by atomic mass is 16.5. The lowest BCUT2D eigenvalue weighted by Crippen LogP contribution is -2.19. The van der Waals surface area contributed by atoms with Crippen molar-refractivity contribution in [2.75, 3.05) is 7.11 Å². The van der Waals surface area contributed by atoms with Gasteiger partial charge in [0, 0.05) is 0 Å². The van der Waals surface area contributed by atoms with Crippen LogP contribution in [0.25, 0.3) is 0 Å². The fourth-order valence-electron chi connectivity index (χ4n) is 2.46. The Morgan fingerprint density at radius 3 is 2.11 bits per heavy atom. The summed E-state index contributed by atoms with van der Waals surface area (Å²) in [5.74, 6) is -0.0361. The maximum Gasteiger partial charge on any atom is 0.311 e. The van der Waals surface area contributed by atoms with Crippen molar-refractivity contribution in [3.63, 3.8) is 0 Å². The number of carboxylic acids is 1. The Labute approximate surface area is 115 Å². The zero-order valence-corrected chi connectivity index (χ0v) is 12.7. The highest BCUT2D eigenvalue weighted by molar-refractivity contribution is 5.77. The van der Waals surface area contributed by atoms with Crippen LogP contribution in [0.1, 0.15) is 56.2 Å². The second-order valence-electron chi connectivity index (χ2n) is 5.67. The quantitative estimate of drug-likeness (QED) is 0.875. The molecule has 0 aliphatic carbocycles. The van der Waals surface area contributed by atoms with E-state index in [1.165, 1.54) is 0 Å². The van der Waals surface area contributed by atoms with E-state index in [4.69, 9.17) is 4.74 Å². The molecule has 0 fully saturated rings. The van der Waals surface area contributed by atoms with E-state index in [-0.39, 0.29) is 5.92 Å². The van der Waals surface area contributed by atoms with Gasteiger partial charge in [0.05, 0.1) is 13.0 Å². The minimum Gasteiger partial charge on any atom is -0.496 e. The van der Waals surface area contributed by atoms with Crippen LogP contribution >= 0.6 is 0 Å². The Bertz CT molecular complexity index is 461. The van der Waals surface area contributed by atoms with Crippen LogP contribution in [0.5, 0.6) is 5.75 Å². The predicted molar refractivity (Wildman–Crippen MR) is 77.0 cm³/mol. The number of hydrogen-bond acceptors (Lipinski definition) is 2. The Hall–Kier alpha value is -1.51. The molecule has 0 saturated heterocycles. The van der Waals surface area contributed by atoms with Crippen molar-refractivity contribution in [2.45, 2.75) is 46.5 Å². The van der Waals surface area contributed by atoms with E-state index in [1.54, 1.807) is 7.11 Å². The molecule has 0 bridgehead atoms. The summed E-state index contributed by atoms with van der Waals surface area (Å²) in [5, 5.41) is 9.45. The molecule has 0 saturated carbocycles. The fourth-order valence-corrected chi connectivity index (χ4v) is 2.46. The topological polar surface area (TPSA) is 46.5 Å². The summed E-state index contributed by atoms with van der Waals surface area (Å²) in [6.45, 7) is 10.00. The number of hydrogen-bond donors (Lipinski definition) is 1. The third-order valence-corrected chi connectivity index (χ3v) is 3.51. The van der Waals surface area contributed by atoms with Crippen molar-refractivity contribution >= 4 is 5.97 Å². The minimum absolute atomic E-state index is 0.0598. The lowest BCUT2D eigenvalue weighted by Gasteiger charge is -2.22. The van der Waals surface area contributed by atoms with Gasteiger partial charge in [0.25, 0.3) is 0 Å². The first kappa shape index (κ1) is 15.5. The molecule has 1 rings (SSSR count). The molecule has 1 atom stereocenters. The fraction of sp³-hybridized carbons (Fsp3) is 0.562. The van der Waals surface area contributed by atoms with Crippen LogP contribution in [-0.4, -0.2) is 18.2 Å². The number of carboxylic acid groups (broad SMARTS) is 1. The Morgan fingerprint density at radius 2 is 1.74 bits per heavy atom. The van der Waals surface area contributed by atoms with Crippen molar-refractivity contribution in [1.82, 2.24) is 0 Å². The van der Waals surface area contributed by atoms with Crippen molar-refractivity contribution in [1.29, 1.82) is 0 Å². The van der Waals surface area contributed by atoms with Crippen LogP contribution in [0.15, 0.2) is 12.1 Å². The van der Waals surface area contributed by atoms with Gasteiger partial charge >= 0.3 is 5.97 Å². The average molecular weight is 264 g/mol. The van der Waals surface area contributed by atoms with Gasteiger partial charge in [-0.1, -0.05) is 33.8 Å². The molecule has 0 spiro atoms. The van der Waals surface area contributed by atoms with Gasteiger partial charge in [0.1, 0.15) is 5.75 Å². The zero-order valence-electron chi connectivity index (χ0n) is 12.7. The zero-order chi connectivity index (χ0) is 14.7. The monoisotopic (exact) mass is 264 g/mol. The number of rotatable bonds is 5. The molecule has 0 aliphatic heterocycles. The summed E-state index contributed by atoms with van der Waals surface area (Å²) in [5.41, 5.74) is 2.93. The SMILES string of the molecule is COc1cc(C)c(C(C(=O)O)C(C)C)cc1C(C)C. The summed E-state index contributed by atoms with van der Waals surface area (Å²) < 4.78 is 5.40. The van der Waals surface area contributed by atoms with Crippen molar-refractivity contribution < 1.29 is 14.6 Å². The van der Waals surface area contributed by atoms with Crippen LogP contribution in [0.3, 0.4) is 0 Å². The van der Waals surface area contributed by atoms with Crippen LogP contribution in [0.4, 0.5) is 0 Å². The molecule has 1 N–H and O–H groups in total. The molecule has 3 nitrogen and oxygen atoms in total. The lowest BCUT2D eigenvalue weighted by atomic mass is 9.83. The lowest BCUT2D eigenvalue weighted by molar-refractivity contribution is -0.139. The number of benzene rings is 1. The van der Waals surface area contributed by atoms with Gasteiger partial charge in [0.15, 0.2) is 0 Å². The number of aliphatic carboxylic acids is 1. The van der Waals surface area contributed by atoms with E-state index in [0.29, 0.717) is 5.92 Å². The first-order valence-electron chi connectivity index (χ1n) is 6.70. The Balaban J connectivity index is 3.43. The smallest absolute Gasteiger partial charge is 0.311 e. The molecule has 0 aliphatic rings. The summed E-state index contributed by atoms with van der Waals surface area (Å²) in [4.78, 5) is 11.5. The summed E-state index contributed by atoms with van der Waals surface area (Å²) >= 11 is 0. The predicted octanol–water partition coefficient (Wildman–Crippen LogP) is 3.95. The van der Waals surface area contributed by atoms with E-state index in [0.717, 1.165) is 22.4 Å². The molecule has 0 radical (unpaired) electrons. The maximum absolute atomic E-state index is 11.5. The molecular formula is C16H24O3. The van der Waals surface area contributed by atoms with Crippen molar-refractivity contribution in [2.24, 2.45) is 5.92 Å². The summed E-state index contributed by atoms with van der Waals surface area (Å²) in [6.07, 6.45) is 0. The first-order valence-corrected chi connectivity index (χ1v) is 6.70. The molecule has 1 aromatic carbocycles. The van der Waals surface area contributed by atoms with Gasteiger partial charge in [0.2, 0.25) is 0 Å². The second-order valence-corrected chi connectivity index (χ2v) is 5.67. The van der Waals surface area contributed by atoms with Gasteiger partial charge in [-0.25, -0.2) is 0 Å². The van der Waals surface area contributed by atoms with Crippen LogP contribution in [-0.2, 0) is 4.79 Å². The second kappa shape index (κ2) is 6.09. The molecule has 19 heavy (non-hydrogen) atoms. The van der Waals surface area contributed by atoms with E-state index in [9.17, 15) is 9.90 Å². The van der Waals surface area contributed by atoms with Crippen LogP contribution in [0, 0.1) is 12.8 Å².